The molecule has 0 amide bonds. The summed E-state index contributed by atoms with van der Waals surface area (Å²) in [4.78, 5) is 23.7. The van der Waals surface area contributed by atoms with Crippen molar-refractivity contribution in [1.82, 2.24) is 0 Å². The molecule has 5 heteroatoms. The normalized spacial score (nSPS) is 10.8. The third kappa shape index (κ3) is 3.20. The fourth-order valence-corrected chi connectivity index (χ4v) is 2.55. The molecule has 1 aromatic heterocycles. The Morgan fingerprint density at radius 2 is 1.83 bits per heavy atom. The number of aryl methyl sites for hydroxylation is 2. The van der Waals surface area contributed by atoms with E-state index in [0.717, 1.165) is 5.56 Å². The third-order valence-electron chi connectivity index (χ3n) is 3.67. The predicted octanol–water partition coefficient (Wildman–Crippen LogP) is 3.81. The zero-order valence-electron chi connectivity index (χ0n) is 13.3. The first-order valence-corrected chi connectivity index (χ1v) is 7.41. The standard InChI is InChI=1S/C19H15FO4/c1-11-7-16(19-12(2)9-18(22)24-17(19)8-11)23-10-15(21)13-3-5-14(20)6-4-13/h3-9H,10H2,1-2H3. The molecule has 0 saturated carbocycles. The number of fused-ring (bicyclic) bond motifs is 1. The SMILES string of the molecule is Cc1cc(OCC(=O)c2ccc(F)cc2)c2c(C)cc(=O)oc2c1. The lowest BCUT2D eigenvalue weighted by Gasteiger charge is -2.11. The molecule has 0 radical (unpaired) electrons. The highest BCUT2D eigenvalue weighted by atomic mass is 19.1. The molecule has 0 atom stereocenters. The number of ketones is 1. The quantitative estimate of drug-likeness (QED) is 0.540. The minimum atomic E-state index is -0.432. The first-order valence-electron chi connectivity index (χ1n) is 7.41. The summed E-state index contributed by atoms with van der Waals surface area (Å²) in [5.74, 6) is -0.191. The van der Waals surface area contributed by atoms with Gasteiger partial charge in [-0.2, -0.15) is 0 Å². The van der Waals surface area contributed by atoms with Crippen LogP contribution >= 0.6 is 0 Å². The number of hydrogen-bond donors (Lipinski definition) is 0. The molecule has 0 saturated heterocycles. The first-order chi connectivity index (χ1) is 11.4. The molecule has 0 spiro atoms. The molecule has 0 bridgehead atoms. The van der Waals surface area contributed by atoms with Crippen LogP contribution < -0.4 is 10.4 Å². The van der Waals surface area contributed by atoms with Gasteiger partial charge in [0.1, 0.15) is 17.1 Å². The van der Waals surface area contributed by atoms with Crippen molar-refractivity contribution in [1.29, 1.82) is 0 Å². The van der Waals surface area contributed by atoms with E-state index in [1.807, 2.05) is 6.92 Å². The van der Waals surface area contributed by atoms with E-state index in [4.69, 9.17) is 9.15 Å². The van der Waals surface area contributed by atoms with Crippen LogP contribution in [0.3, 0.4) is 0 Å². The lowest BCUT2D eigenvalue weighted by molar-refractivity contribution is 0.0922. The summed E-state index contributed by atoms with van der Waals surface area (Å²) in [5.41, 5.74) is 1.92. The van der Waals surface area contributed by atoms with Gasteiger partial charge in [-0.25, -0.2) is 9.18 Å². The molecule has 0 fully saturated rings. The van der Waals surface area contributed by atoms with E-state index in [-0.39, 0.29) is 12.4 Å². The van der Waals surface area contributed by atoms with Crippen molar-refractivity contribution in [3.8, 4) is 5.75 Å². The van der Waals surface area contributed by atoms with Gasteiger partial charge < -0.3 is 9.15 Å². The predicted molar refractivity (Wildman–Crippen MR) is 88.2 cm³/mol. The second-order valence-corrected chi connectivity index (χ2v) is 5.60. The largest absolute Gasteiger partial charge is 0.485 e. The number of Topliss-reactive ketones (excluding diaryl/α,β-unsaturated/α-hetero) is 1. The van der Waals surface area contributed by atoms with Crippen molar-refractivity contribution in [3.05, 3.63) is 75.4 Å². The Hall–Kier alpha value is -2.95. The molecular weight excluding hydrogens is 311 g/mol. The van der Waals surface area contributed by atoms with E-state index in [2.05, 4.69) is 0 Å². The van der Waals surface area contributed by atoms with E-state index in [1.165, 1.54) is 30.3 Å². The van der Waals surface area contributed by atoms with Crippen LogP contribution in [-0.4, -0.2) is 12.4 Å². The average molecular weight is 326 g/mol. The number of halogens is 1. The molecule has 0 aliphatic rings. The average Bonchev–Trinajstić information content (AvgIpc) is 2.52. The van der Waals surface area contributed by atoms with Crippen LogP contribution in [0.2, 0.25) is 0 Å². The second kappa shape index (κ2) is 6.28. The van der Waals surface area contributed by atoms with Gasteiger partial charge in [-0.05, 0) is 61.4 Å². The smallest absolute Gasteiger partial charge is 0.336 e. The molecule has 0 aliphatic heterocycles. The van der Waals surface area contributed by atoms with E-state index in [0.29, 0.717) is 27.8 Å². The zero-order chi connectivity index (χ0) is 17.3. The Morgan fingerprint density at radius 3 is 2.54 bits per heavy atom. The van der Waals surface area contributed by atoms with Gasteiger partial charge in [-0.1, -0.05) is 0 Å². The topological polar surface area (TPSA) is 56.5 Å². The zero-order valence-corrected chi connectivity index (χ0v) is 13.3. The molecular formula is C19H15FO4. The Balaban J connectivity index is 1.91. The van der Waals surface area contributed by atoms with Crippen molar-refractivity contribution in [3.63, 3.8) is 0 Å². The van der Waals surface area contributed by atoms with Gasteiger partial charge in [0.2, 0.25) is 0 Å². The molecule has 24 heavy (non-hydrogen) atoms. The maximum Gasteiger partial charge on any atom is 0.336 e. The summed E-state index contributed by atoms with van der Waals surface area (Å²) in [6.45, 7) is 3.43. The van der Waals surface area contributed by atoms with Crippen molar-refractivity contribution in [2.75, 3.05) is 6.61 Å². The summed E-state index contributed by atoms with van der Waals surface area (Å²) in [6, 6.07) is 10.2. The van der Waals surface area contributed by atoms with Gasteiger partial charge in [0.15, 0.2) is 12.4 Å². The number of benzene rings is 2. The molecule has 1 heterocycles. The Morgan fingerprint density at radius 1 is 1.12 bits per heavy atom. The number of ether oxygens (including phenoxy) is 1. The fourth-order valence-electron chi connectivity index (χ4n) is 2.55. The number of rotatable bonds is 4. The van der Waals surface area contributed by atoms with E-state index in [9.17, 15) is 14.0 Å². The van der Waals surface area contributed by atoms with Crippen molar-refractivity contribution in [2.45, 2.75) is 13.8 Å². The Bertz CT molecular complexity index is 971. The van der Waals surface area contributed by atoms with Gasteiger partial charge >= 0.3 is 5.63 Å². The van der Waals surface area contributed by atoms with Gasteiger partial charge in [-0.15, -0.1) is 0 Å². The van der Waals surface area contributed by atoms with E-state index < -0.39 is 11.4 Å². The summed E-state index contributed by atoms with van der Waals surface area (Å²) in [7, 11) is 0. The minimum Gasteiger partial charge on any atom is -0.485 e. The monoisotopic (exact) mass is 326 g/mol. The van der Waals surface area contributed by atoms with Gasteiger partial charge in [0, 0.05) is 11.6 Å². The van der Waals surface area contributed by atoms with Gasteiger partial charge in [-0.3, -0.25) is 4.79 Å². The summed E-state index contributed by atoms with van der Waals surface area (Å²) < 4.78 is 23.8. The molecule has 0 N–H and O–H groups in total. The van der Waals surface area contributed by atoms with Crippen molar-refractivity contribution >= 4 is 16.8 Å². The fraction of sp³-hybridized carbons (Fsp3) is 0.158. The van der Waals surface area contributed by atoms with Crippen LogP contribution in [0.25, 0.3) is 11.0 Å². The highest BCUT2D eigenvalue weighted by Crippen LogP contribution is 2.29. The number of carbonyl (C=O) groups is 1. The summed E-state index contributed by atoms with van der Waals surface area (Å²) in [6.07, 6.45) is 0. The number of carbonyl (C=O) groups excluding carboxylic acids is 1. The minimum absolute atomic E-state index is 0.192. The van der Waals surface area contributed by atoms with E-state index >= 15 is 0 Å². The molecule has 3 aromatic rings. The van der Waals surface area contributed by atoms with Crippen LogP contribution in [0.1, 0.15) is 21.5 Å². The molecule has 0 aliphatic carbocycles. The summed E-state index contributed by atoms with van der Waals surface area (Å²) in [5, 5.41) is 0.659. The summed E-state index contributed by atoms with van der Waals surface area (Å²) >= 11 is 0. The van der Waals surface area contributed by atoms with E-state index in [1.54, 1.807) is 19.1 Å². The number of hydrogen-bond acceptors (Lipinski definition) is 4. The van der Waals surface area contributed by atoms with Gasteiger partial charge in [0.25, 0.3) is 0 Å². The third-order valence-corrected chi connectivity index (χ3v) is 3.67. The molecule has 122 valence electrons. The maximum atomic E-state index is 12.9. The van der Waals surface area contributed by atoms with Crippen LogP contribution in [0, 0.1) is 19.7 Å². The second-order valence-electron chi connectivity index (χ2n) is 5.60. The molecule has 0 unspecified atom stereocenters. The van der Waals surface area contributed by atoms with Crippen LogP contribution in [0.4, 0.5) is 4.39 Å². The highest BCUT2D eigenvalue weighted by molar-refractivity contribution is 5.97. The van der Waals surface area contributed by atoms with Crippen LogP contribution in [0.15, 0.2) is 51.7 Å². The van der Waals surface area contributed by atoms with Gasteiger partial charge in [0.05, 0.1) is 5.39 Å². The van der Waals surface area contributed by atoms with Crippen LogP contribution in [-0.2, 0) is 0 Å². The molecule has 4 nitrogen and oxygen atoms in total. The maximum absolute atomic E-state index is 12.9. The van der Waals surface area contributed by atoms with Crippen LogP contribution in [0.5, 0.6) is 5.75 Å². The van der Waals surface area contributed by atoms with Crippen molar-refractivity contribution in [2.24, 2.45) is 0 Å². The molecule has 2 aromatic carbocycles. The Labute approximate surface area is 137 Å². The first kappa shape index (κ1) is 15.9. The highest BCUT2D eigenvalue weighted by Gasteiger charge is 2.13. The van der Waals surface area contributed by atoms with Crippen molar-refractivity contribution < 1.29 is 18.3 Å². The molecule has 3 rings (SSSR count). The lowest BCUT2D eigenvalue weighted by atomic mass is 10.1. The lowest BCUT2D eigenvalue weighted by Crippen LogP contribution is -2.12. The Kier molecular flexibility index (Phi) is 4.16.